The number of hydrogen-bond donors (Lipinski definition) is 0. The van der Waals surface area contributed by atoms with Gasteiger partial charge in [0.25, 0.3) is 0 Å². The van der Waals surface area contributed by atoms with Crippen LogP contribution in [0.2, 0.25) is 0 Å². The van der Waals surface area contributed by atoms with E-state index in [-0.39, 0.29) is 18.0 Å². The van der Waals surface area contributed by atoms with Crippen molar-refractivity contribution in [3.05, 3.63) is 23.8 Å². The van der Waals surface area contributed by atoms with Gasteiger partial charge in [0, 0.05) is 11.0 Å². The van der Waals surface area contributed by atoms with Crippen molar-refractivity contribution >= 4 is 11.6 Å². The Morgan fingerprint density at radius 1 is 1.11 bits per heavy atom. The quantitative estimate of drug-likeness (QED) is 0.620. The average molecular weight is 262 g/mol. The summed E-state index contributed by atoms with van der Waals surface area (Å²) in [6.45, 7) is 6.43. The highest BCUT2D eigenvalue weighted by Crippen LogP contribution is 2.31. The molecule has 0 aliphatic carbocycles. The summed E-state index contributed by atoms with van der Waals surface area (Å²) in [7, 11) is 0. The van der Waals surface area contributed by atoms with Gasteiger partial charge in [-0.1, -0.05) is 20.8 Å². The van der Waals surface area contributed by atoms with Crippen molar-refractivity contribution in [1.29, 1.82) is 0 Å². The van der Waals surface area contributed by atoms with Gasteiger partial charge in [0.05, 0.1) is 6.42 Å². The first-order valence-corrected chi connectivity index (χ1v) is 6.34. The maximum absolute atomic E-state index is 12.1. The van der Waals surface area contributed by atoms with Gasteiger partial charge in [-0.05, 0) is 18.2 Å². The van der Waals surface area contributed by atoms with Crippen LogP contribution in [-0.4, -0.2) is 24.8 Å². The molecule has 0 aromatic heterocycles. The van der Waals surface area contributed by atoms with E-state index < -0.39 is 5.41 Å². The molecule has 1 aliphatic heterocycles. The minimum absolute atomic E-state index is 0.0626. The third-order valence-electron chi connectivity index (χ3n) is 3.02. The third kappa shape index (κ3) is 3.13. The molecule has 0 amide bonds. The Kier molecular flexibility index (Phi) is 3.60. The Morgan fingerprint density at radius 2 is 1.74 bits per heavy atom. The van der Waals surface area contributed by atoms with Crippen molar-refractivity contribution in [3.63, 3.8) is 0 Å². The van der Waals surface area contributed by atoms with Crippen molar-refractivity contribution in [2.75, 3.05) is 13.2 Å². The second-order valence-electron chi connectivity index (χ2n) is 5.63. The van der Waals surface area contributed by atoms with Gasteiger partial charge in [-0.25, -0.2) is 0 Å². The SMILES string of the molecule is CC(C)(C)C(=O)CC(=O)c1ccc2c(c1)OCCO2. The van der Waals surface area contributed by atoms with Crippen molar-refractivity contribution in [3.8, 4) is 11.5 Å². The van der Waals surface area contributed by atoms with Gasteiger partial charge in [-0.2, -0.15) is 0 Å². The molecular formula is C15H18O4. The molecular weight excluding hydrogens is 244 g/mol. The number of ether oxygens (including phenoxy) is 2. The Bertz CT molecular complexity index is 511. The highest BCUT2D eigenvalue weighted by atomic mass is 16.6. The molecule has 1 aromatic rings. The molecule has 2 rings (SSSR count). The molecule has 0 radical (unpaired) electrons. The second-order valence-corrected chi connectivity index (χ2v) is 5.63. The first-order chi connectivity index (χ1) is 8.88. The van der Waals surface area contributed by atoms with E-state index in [1.165, 1.54) is 0 Å². The van der Waals surface area contributed by atoms with Crippen LogP contribution in [0.3, 0.4) is 0 Å². The van der Waals surface area contributed by atoms with Crippen LogP contribution in [0.1, 0.15) is 37.6 Å². The predicted octanol–water partition coefficient (Wildman–Crippen LogP) is 2.65. The molecule has 0 atom stereocenters. The molecule has 1 aliphatic rings. The Hall–Kier alpha value is -1.84. The van der Waals surface area contributed by atoms with Gasteiger partial charge in [0.1, 0.15) is 19.0 Å². The Labute approximate surface area is 112 Å². The normalized spacial score (nSPS) is 14.1. The van der Waals surface area contributed by atoms with Gasteiger partial charge in [-0.3, -0.25) is 9.59 Å². The van der Waals surface area contributed by atoms with Crippen LogP contribution in [0.5, 0.6) is 11.5 Å². The number of rotatable bonds is 3. The Morgan fingerprint density at radius 3 is 2.37 bits per heavy atom. The molecule has 19 heavy (non-hydrogen) atoms. The molecule has 102 valence electrons. The average Bonchev–Trinajstić information content (AvgIpc) is 2.37. The van der Waals surface area contributed by atoms with Crippen LogP contribution < -0.4 is 9.47 Å². The summed E-state index contributed by atoms with van der Waals surface area (Å²) in [6, 6.07) is 5.03. The molecule has 4 nitrogen and oxygen atoms in total. The molecule has 0 spiro atoms. The highest BCUT2D eigenvalue weighted by molar-refractivity contribution is 6.09. The largest absolute Gasteiger partial charge is 0.486 e. The highest BCUT2D eigenvalue weighted by Gasteiger charge is 2.24. The van der Waals surface area contributed by atoms with Crippen LogP contribution in [0, 0.1) is 5.41 Å². The standard InChI is InChI=1S/C15H18O4/c1-15(2,3)14(17)9-11(16)10-4-5-12-13(8-10)19-7-6-18-12/h4-5,8H,6-7,9H2,1-3H3. The molecule has 4 heteroatoms. The zero-order valence-electron chi connectivity index (χ0n) is 11.5. The van der Waals surface area contributed by atoms with E-state index >= 15 is 0 Å². The molecule has 0 saturated heterocycles. The summed E-state index contributed by atoms with van der Waals surface area (Å²) < 4.78 is 10.8. The summed E-state index contributed by atoms with van der Waals surface area (Å²) in [4.78, 5) is 23.9. The number of Topliss-reactive ketones (excluding diaryl/α,β-unsaturated/α-hetero) is 2. The smallest absolute Gasteiger partial charge is 0.170 e. The lowest BCUT2D eigenvalue weighted by Gasteiger charge is -2.19. The number of carbonyl (C=O) groups excluding carboxylic acids is 2. The third-order valence-corrected chi connectivity index (χ3v) is 3.02. The first kappa shape index (κ1) is 13.6. The lowest BCUT2D eigenvalue weighted by Crippen LogP contribution is -2.23. The molecule has 0 saturated carbocycles. The minimum atomic E-state index is -0.497. The van der Waals surface area contributed by atoms with E-state index in [9.17, 15) is 9.59 Å². The van der Waals surface area contributed by atoms with Crippen LogP contribution >= 0.6 is 0 Å². The fourth-order valence-corrected chi connectivity index (χ4v) is 1.73. The predicted molar refractivity (Wildman–Crippen MR) is 70.8 cm³/mol. The maximum Gasteiger partial charge on any atom is 0.170 e. The summed E-state index contributed by atoms with van der Waals surface area (Å²) in [5, 5.41) is 0. The summed E-state index contributed by atoms with van der Waals surface area (Å²) >= 11 is 0. The van der Waals surface area contributed by atoms with Crippen molar-refractivity contribution in [2.45, 2.75) is 27.2 Å². The molecule has 1 aromatic carbocycles. The topological polar surface area (TPSA) is 52.6 Å². The van der Waals surface area contributed by atoms with Crippen LogP contribution in [0.15, 0.2) is 18.2 Å². The van der Waals surface area contributed by atoms with Gasteiger partial charge in [-0.15, -0.1) is 0 Å². The molecule has 0 fully saturated rings. The first-order valence-electron chi connectivity index (χ1n) is 6.34. The van der Waals surface area contributed by atoms with E-state index in [0.717, 1.165) is 0 Å². The van der Waals surface area contributed by atoms with Crippen molar-refractivity contribution < 1.29 is 19.1 Å². The number of hydrogen-bond acceptors (Lipinski definition) is 4. The number of fused-ring (bicyclic) bond motifs is 1. The zero-order valence-corrected chi connectivity index (χ0v) is 11.5. The lowest BCUT2D eigenvalue weighted by molar-refractivity contribution is -0.125. The summed E-state index contributed by atoms with van der Waals surface area (Å²) in [6.07, 6.45) is -0.0802. The number of carbonyl (C=O) groups is 2. The van der Waals surface area contributed by atoms with E-state index in [0.29, 0.717) is 30.3 Å². The van der Waals surface area contributed by atoms with Crippen molar-refractivity contribution in [2.24, 2.45) is 5.41 Å². The molecule has 0 unspecified atom stereocenters. The maximum atomic E-state index is 12.1. The van der Waals surface area contributed by atoms with E-state index in [4.69, 9.17) is 9.47 Å². The Balaban J connectivity index is 2.14. The minimum Gasteiger partial charge on any atom is -0.486 e. The zero-order chi connectivity index (χ0) is 14.0. The van der Waals surface area contributed by atoms with Crippen LogP contribution in [0.4, 0.5) is 0 Å². The summed E-state index contributed by atoms with van der Waals surface area (Å²) in [5.41, 5.74) is -0.00872. The van der Waals surface area contributed by atoms with E-state index in [1.54, 1.807) is 18.2 Å². The molecule has 0 bridgehead atoms. The van der Waals surface area contributed by atoms with Crippen molar-refractivity contribution in [1.82, 2.24) is 0 Å². The van der Waals surface area contributed by atoms with E-state index in [2.05, 4.69) is 0 Å². The fourth-order valence-electron chi connectivity index (χ4n) is 1.73. The van der Waals surface area contributed by atoms with Gasteiger partial charge in [0.2, 0.25) is 0 Å². The van der Waals surface area contributed by atoms with Gasteiger partial charge >= 0.3 is 0 Å². The lowest BCUT2D eigenvalue weighted by atomic mass is 9.87. The number of ketones is 2. The summed E-state index contributed by atoms with van der Waals surface area (Å²) in [5.74, 6) is 0.967. The van der Waals surface area contributed by atoms with Crippen LogP contribution in [-0.2, 0) is 4.79 Å². The van der Waals surface area contributed by atoms with Gasteiger partial charge < -0.3 is 9.47 Å². The monoisotopic (exact) mass is 262 g/mol. The van der Waals surface area contributed by atoms with Crippen LogP contribution in [0.25, 0.3) is 0 Å². The fraction of sp³-hybridized carbons (Fsp3) is 0.467. The van der Waals surface area contributed by atoms with E-state index in [1.807, 2.05) is 20.8 Å². The van der Waals surface area contributed by atoms with Gasteiger partial charge in [0.15, 0.2) is 17.3 Å². The second kappa shape index (κ2) is 5.03. The molecule has 0 N–H and O–H groups in total. The number of benzene rings is 1. The molecule has 1 heterocycles.